The van der Waals surface area contributed by atoms with Crippen LogP contribution in [0.5, 0.6) is 0 Å². The van der Waals surface area contributed by atoms with Gasteiger partial charge >= 0.3 is 0 Å². The number of aliphatic hydroxyl groups excluding tert-OH is 1. The zero-order valence-corrected chi connectivity index (χ0v) is 13.8. The van der Waals surface area contributed by atoms with E-state index in [1.807, 2.05) is 24.3 Å². The van der Waals surface area contributed by atoms with Crippen molar-refractivity contribution < 1.29 is 5.11 Å². The Morgan fingerprint density at radius 3 is 2.62 bits per heavy atom. The number of anilines is 1. The summed E-state index contributed by atoms with van der Waals surface area (Å²) < 4.78 is 0. The van der Waals surface area contributed by atoms with Crippen molar-refractivity contribution in [2.45, 2.75) is 38.3 Å². The highest BCUT2D eigenvalue weighted by Crippen LogP contribution is 2.44. The van der Waals surface area contributed by atoms with Gasteiger partial charge in [-0.15, -0.1) is 0 Å². The molecule has 1 fully saturated rings. The average molecular weight is 323 g/mol. The Morgan fingerprint density at radius 2 is 2.05 bits per heavy atom. The maximum Gasteiger partial charge on any atom is 0.186 e. The molecule has 1 heterocycles. The van der Waals surface area contributed by atoms with Crippen LogP contribution in [0, 0.1) is 0 Å². The Bertz CT molecular complexity index is 622. The molecule has 5 heteroatoms. The number of nitrogens with zero attached hydrogens (tertiary/aromatic N) is 2. The minimum Gasteiger partial charge on any atom is -0.391 e. The molecule has 0 bridgehead atoms. The molecule has 21 heavy (non-hydrogen) atoms. The topological polar surface area (TPSA) is 36.4 Å². The lowest BCUT2D eigenvalue weighted by Gasteiger charge is -2.24. The van der Waals surface area contributed by atoms with Gasteiger partial charge in [0, 0.05) is 18.0 Å². The normalized spacial score (nSPS) is 16.0. The predicted octanol–water partition coefficient (Wildman–Crippen LogP) is 4.36. The van der Waals surface area contributed by atoms with Crippen molar-refractivity contribution in [2.24, 2.45) is 0 Å². The van der Waals surface area contributed by atoms with E-state index >= 15 is 0 Å². The van der Waals surface area contributed by atoms with Crippen LogP contribution in [0.3, 0.4) is 0 Å². The molecule has 3 nitrogen and oxygen atoms in total. The molecule has 1 saturated carbocycles. The zero-order chi connectivity index (χ0) is 15.0. The van der Waals surface area contributed by atoms with Gasteiger partial charge in [0.05, 0.1) is 23.2 Å². The van der Waals surface area contributed by atoms with Gasteiger partial charge in [-0.1, -0.05) is 35.1 Å². The molecule has 1 atom stereocenters. The summed E-state index contributed by atoms with van der Waals surface area (Å²) in [6, 6.07) is 8.14. The molecular formula is C16H19ClN2OS. The number of aliphatic hydroxyl groups is 1. The number of rotatable bonds is 5. The summed E-state index contributed by atoms with van der Waals surface area (Å²) in [5.74, 6) is 0.566. The van der Waals surface area contributed by atoms with Crippen molar-refractivity contribution in [3.63, 3.8) is 0 Å². The number of halogens is 1. The molecule has 0 spiro atoms. The van der Waals surface area contributed by atoms with Crippen molar-refractivity contribution >= 4 is 28.1 Å². The summed E-state index contributed by atoms with van der Waals surface area (Å²) in [7, 11) is 2.05. The second-order valence-corrected chi connectivity index (χ2v) is 7.07. The van der Waals surface area contributed by atoms with Crippen molar-refractivity contribution in [3.8, 4) is 0 Å². The maximum absolute atomic E-state index is 9.51. The maximum atomic E-state index is 9.51. The van der Waals surface area contributed by atoms with Crippen LogP contribution >= 0.6 is 22.9 Å². The minimum absolute atomic E-state index is 0.0899. The van der Waals surface area contributed by atoms with Crippen LogP contribution < -0.4 is 4.90 Å². The summed E-state index contributed by atoms with van der Waals surface area (Å²) in [5, 5.41) is 11.2. The van der Waals surface area contributed by atoms with E-state index in [4.69, 9.17) is 16.6 Å². The molecule has 1 aromatic carbocycles. The van der Waals surface area contributed by atoms with Crippen LogP contribution in [-0.4, -0.2) is 17.1 Å². The predicted molar refractivity (Wildman–Crippen MR) is 88.3 cm³/mol. The van der Waals surface area contributed by atoms with Crippen LogP contribution in [0.2, 0.25) is 5.02 Å². The van der Waals surface area contributed by atoms with Crippen LogP contribution in [-0.2, 0) is 6.61 Å². The first-order valence-electron chi connectivity index (χ1n) is 7.19. The molecular weight excluding hydrogens is 304 g/mol. The van der Waals surface area contributed by atoms with Crippen LogP contribution in [0.25, 0.3) is 0 Å². The summed E-state index contributed by atoms with van der Waals surface area (Å²) in [5.41, 5.74) is 2.31. The van der Waals surface area contributed by atoms with E-state index in [0.717, 1.165) is 20.7 Å². The fourth-order valence-corrected chi connectivity index (χ4v) is 3.60. The summed E-state index contributed by atoms with van der Waals surface area (Å²) in [6.45, 7) is 2.24. The molecule has 1 unspecified atom stereocenters. The van der Waals surface area contributed by atoms with Gasteiger partial charge in [0.2, 0.25) is 0 Å². The fraction of sp³-hybridized carbons (Fsp3) is 0.438. The van der Waals surface area contributed by atoms with Crippen molar-refractivity contribution in [3.05, 3.63) is 45.4 Å². The first-order chi connectivity index (χ1) is 10.1. The second-order valence-electron chi connectivity index (χ2n) is 5.58. The molecule has 0 aliphatic heterocycles. The lowest BCUT2D eigenvalue weighted by atomic mass is 10.1. The number of aromatic nitrogens is 1. The zero-order valence-electron chi connectivity index (χ0n) is 12.2. The molecule has 3 rings (SSSR count). The summed E-state index contributed by atoms with van der Waals surface area (Å²) >= 11 is 7.55. The highest BCUT2D eigenvalue weighted by molar-refractivity contribution is 7.15. The third kappa shape index (κ3) is 3.07. The fourth-order valence-electron chi connectivity index (χ4n) is 2.42. The SMILES string of the molecule is CC(c1ccc(Cl)cc1)N(C)c1nc(C2CC2)c(CO)s1. The number of hydrogen-bond acceptors (Lipinski definition) is 4. The Morgan fingerprint density at radius 1 is 1.38 bits per heavy atom. The van der Waals surface area contributed by atoms with Crippen molar-refractivity contribution in [2.75, 3.05) is 11.9 Å². The molecule has 1 N–H and O–H groups in total. The van der Waals surface area contributed by atoms with E-state index in [2.05, 4.69) is 18.9 Å². The largest absolute Gasteiger partial charge is 0.391 e. The molecule has 2 aromatic rings. The van der Waals surface area contributed by atoms with E-state index < -0.39 is 0 Å². The Hall–Kier alpha value is -1.10. The van der Waals surface area contributed by atoms with Crippen LogP contribution in [0.4, 0.5) is 5.13 Å². The van der Waals surface area contributed by atoms with E-state index in [1.54, 1.807) is 11.3 Å². The second kappa shape index (κ2) is 5.95. The van der Waals surface area contributed by atoms with Crippen LogP contribution in [0.15, 0.2) is 24.3 Å². The number of thiazole rings is 1. The third-order valence-electron chi connectivity index (χ3n) is 4.06. The molecule has 1 aromatic heterocycles. The summed E-state index contributed by atoms with van der Waals surface area (Å²) in [4.78, 5) is 7.95. The van der Waals surface area contributed by atoms with Gasteiger partial charge in [-0.3, -0.25) is 0 Å². The lowest BCUT2D eigenvalue weighted by molar-refractivity contribution is 0.284. The standard InChI is InChI=1S/C16H19ClN2OS/c1-10(11-5-7-13(17)8-6-11)19(2)16-18-15(12-3-4-12)14(9-20)21-16/h5-8,10,12,20H,3-4,9H2,1-2H3. The van der Waals surface area contributed by atoms with E-state index in [-0.39, 0.29) is 12.6 Å². The van der Waals surface area contributed by atoms with Gasteiger partial charge in [-0.05, 0) is 37.5 Å². The lowest BCUT2D eigenvalue weighted by Crippen LogP contribution is -2.21. The highest BCUT2D eigenvalue weighted by atomic mass is 35.5. The third-order valence-corrected chi connectivity index (χ3v) is 5.46. The molecule has 1 aliphatic rings. The molecule has 0 radical (unpaired) electrons. The Balaban J connectivity index is 1.83. The molecule has 0 saturated heterocycles. The quantitative estimate of drug-likeness (QED) is 0.888. The van der Waals surface area contributed by atoms with Gasteiger partial charge in [0.1, 0.15) is 0 Å². The molecule has 112 valence electrons. The highest BCUT2D eigenvalue weighted by Gasteiger charge is 2.30. The van der Waals surface area contributed by atoms with Gasteiger partial charge in [0.25, 0.3) is 0 Å². The number of benzene rings is 1. The Kier molecular flexibility index (Phi) is 4.20. The van der Waals surface area contributed by atoms with E-state index in [0.29, 0.717) is 5.92 Å². The molecule has 0 amide bonds. The minimum atomic E-state index is 0.0899. The van der Waals surface area contributed by atoms with Gasteiger partial charge < -0.3 is 10.0 Å². The average Bonchev–Trinajstić information content (AvgIpc) is 3.25. The first-order valence-corrected chi connectivity index (χ1v) is 8.38. The Labute approximate surface area is 134 Å². The van der Waals surface area contributed by atoms with E-state index in [9.17, 15) is 5.11 Å². The van der Waals surface area contributed by atoms with Gasteiger partial charge in [-0.2, -0.15) is 0 Å². The van der Waals surface area contributed by atoms with Crippen molar-refractivity contribution in [1.82, 2.24) is 4.98 Å². The number of hydrogen-bond donors (Lipinski definition) is 1. The smallest absolute Gasteiger partial charge is 0.186 e. The van der Waals surface area contributed by atoms with Crippen LogP contribution in [0.1, 0.15) is 47.9 Å². The molecule has 1 aliphatic carbocycles. The monoisotopic (exact) mass is 322 g/mol. The van der Waals surface area contributed by atoms with Gasteiger partial charge in [0.15, 0.2) is 5.13 Å². The first kappa shape index (κ1) is 14.8. The van der Waals surface area contributed by atoms with Crippen molar-refractivity contribution in [1.29, 1.82) is 0 Å². The summed E-state index contributed by atoms with van der Waals surface area (Å²) in [6.07, 6.45) is 2.40. The van der Waals surface area contributed by atoms with Gasteiger partial charge in [-0.25, -0.2) is 4.98 Å². The van der Waals surface area contributed by atoms with E-state index in [1.165, 1.54) is 18.4 Å².